The fourth-order valence-electron chi connectivity index (χ4n) is 4.33. The van der Waals surface area contributed by atoms with E-state index in [9.17, 15) is 36.8 Å². The summed E-state index contributed by atoms with van der Waals surface area (Å²) in [5.41, 5.74) is 3.28. The molecule has 220 valence electrons. The van der Waals surface area contributed by atoms with E-state index in [0.29, 0.717) is 42.2 Å². The molecule has 2 heterocycles. The molecule has 15 heteroatoms. The maximum atomic E-state index is 13.5. The van der Waals surface area contributed by atoms with Crippen molar-refractivity contribution in [3.63, 3.8) is 0 Å². The Labute approximate surface area is 236 Å². The number of carbonyl (C=O) groups is 1. The molecular formula is C27H23F3N4O7S. The summed E-state index contributed by atoms with van der Waals surface area (Å²) in [7, 11) is -3.94. The number of aromatic hydroxyl groups is 1. The number of hydrogen-bond donors (Lipinski definition) is 2. The summed E-state index contributed by atoms with van der Waals surface area (Å²) in [5, 5.41) is 35.2. The molecule has 42 heavy (non-hydrogen) atoms. The average molecular weight is 605 g/mol. The van der Waals surface area contributed by atoms with Crippen LogP contribution >= 0.6 is 0 Å². The molecular weight excluding hydrogens is 581 g/mol. The van der Waals surface area contributed by atoms with Gasteiger partial charge in [-0.05, 0) is 43.5 Å². The number of hydrogen-bond acceptors (Lipinski definition) is 9. The van der Waals surface area contributed by atoms with Gasteiger partial charge >= 0.3 is 16.2 Å². The number of carboxylic acids is 1. The lowest BCUT2D eigenvalue weighted by molar-refractivity contribution is -0.384. The Morgan fingerprint density at radius 2 is 1.76 bits per heavy atom. The van der Waals surface area contributed by atoms with E-state index in [-0.39, 0.29) is 22.0 Å². The van der Waals surface area contributed by atoms with Crippen LogP contribution in [-0.2, 0) is 21.2 Å². The molecule has 0 radical (unpaired) electrons. The molecule has 0 fully saturated rings. The van der Waals surface area contributed by atoms with E-state index in [2.05, 4.69) is 10.3 Å². The predicted molar refractivity (Wildman–Crippen MR) is 142 cm³/mol. The molecule has 3 aromatic carbocycles. The number of halogens is 3. The van der Waals surface area contributed by atoms with Gasteiger partial charge in [-0.3, -0.25) is 15.1 Å². The van der Waals surface area contributed by atoms with E-state index in [0.717, 1.165) is 20.7 Å². The van der Waals surface area contributed by atoms with Crippen molar-refractivity contribution < 1.29 is 45.5 Å². The summed E-state index contributed by atoms with van der Waals surface area (Å²) in [5.74, 6) is -3.17. The number of carbonyl (C=O) groups excluding carboxylic acids is 1. The minimum absolute atomic E-state index is 0.0249. The summed E-state index contributed by atoms with van der Waals surface area (Å²) in [6.07, 6.45) is -2.47. The number of aryl methyl sites for hydroxylation is 1. The lowest BCUT2D eigenvalue weighted by Crippen LogP contribution is -2.37. The number of nitro benzene ring substituents is 1. The lowest BCUT2D eigenvalue weighted by atomic mass is 10.1. The van der Waals surface area contributed by atoms with Crippen molar-refractivity contribution >= 4 is 44.8 Å². The standard InChI is InChI=1S/C25H22N4O5S.C2HF3O2/c1-16-2-8-20(9-3-16)35(33,34)28-15-18-11-13-26-21-14-22(25(30)24(28)23(18)21)27-12-10-17-4-6-19(7-5-17)29(31)32;3-2(4,5)1(6)7/h2-9,14-15H,10-13H2,1H3,(H,26,27);(H,6,7). The molecule has 0 spiro atoms. The highest BCUT2D eigenvalue weighted by Gasteiger charge is 2.39. The third-order valence-electron chi connectivity index (χ3n) is 6.42. The fraction of sp³-hybridized carbons (Fsp3) is 0.222. The number of benzene rings is 3. The molecule has 0 bridgehead atoms. The third-order valence-corrected chi connectivity index (χ3v) is 8.09. The summed E-state index contributed by atoms with van der Waals surface area (Å²) in [6.45, 7) is 2.84. The number of nitrogens with one attached hydrogen (secondary N) is 1. The van der Waals surface area contributed by atoms with E-state index in [1.54, 1.807) is 48.7 Å². The smallest absolute Gasteiger partial charge is 0.430 e. The second-order valence-electron chi connectivity index (χ2n) is 9.30. The number of alkyl halides is 3. The number of phenolic OH excluding ortho intramolecular Hbond substituents is 1. The first-order chi connectivity index (χ1) is 19.7. The Morgan fingerprint density at radius 3 is 2.33 bits per heavy atom. The molecule has 2 aliphatic rings. The molecule has 11 nitrogen and oxygen atoms in total. The van der Waals surface area contributed by atoms with Crippen molar-refractivity contribution in [2.75, 3.05) is 18.4 Å². The second kappa shape index (κ2) is 11.6. The maximum Gasteiger partial charge on any atom is 0.430 e. The van der Waals surface area contributed by atoms with Crippen LogP contribution in [0.3, 0.4) is 0 Å². The van der Waals surface area contributed by atoms with E-state index in [4.69, 9.17) is 9.90 Å². The fourth-order valence-corrected chi connectivity index (χ4v) is 5.72. The number of sulfonamides is 1. The van der Waals surface area contributed by atoms with Crippen LogP contribution in [0.4, 0.5) is 30.2 Å². The number of phenols is 1. The molecule has 0 unspecified atom stereocenters. The van der Waals surface area contributed by atoms with Crippen LogP contribution in [0.5, 0.6) is 5.75 Å². The predicted octanol–water partition coefficient (Wildman–Crippen LogP) is 1.85. The van der Waals surface area contributed by atoms with Gasteiger partial charge in [-0.15, -0.1) is 0 Å². The summed E-state index contributed by atoms with van der Waals surface area (Å²) in [6, 6.07) is 14.6. The topological polar surface area (TPSA) is 165 Å². The zero-order chi connectivity index (χ0) is 30.8. The monoisotopic (exact) mass is 604 g/mol. The molecule has 0 aromatic heterocycles. The van der Waals surface area contributed by atoms with Gasteiger partial charge in [0.2, 0.25) is 5.75 Å². The molecule has 3 aromatic rings. The number of nitrogens with zero attached hydrogens (tertiary/aromatic N) is 3. The quantitative estimate of drug-likeness (QED) is 0.179. The maximum absolute atomic E-state index is 13.5. The van der Waals surface area contributed by atoms with Crippen molar-refractivity contribution in [1.29, 1.82) is 0 Å². The number of aliphatic carboxylic acids is 1. The largest absolute Gasteiger partial charge is 0.542 e. The van der Waals surface area contributed by atoms with Gasteiger partial charge in [-0.1, -0.05) is 33.8 Å². The van der Waals surface area contributed by atoms with Crippen LogP contribution in [0, 0.1) is 17.0 Å². The van der Waals surface area contributed by atoms with Gasteiger partial charge < -0.3 is 20.3 Å². The first-order valence-corrected chi connectivity index (χ1v) is 13.8. The van der Waals surface area contributed by atoms with Gasteiger partial charge in [0.1, 0.15) is 10.9 Å². The minimum atomic E-state index is -5.19. The summed E-state index contributed by atoms with van der Waals surface area (Å²) in [4.78, 5) is 23.9. The molecule has 2 aliphatic heterocycles. The molecule has 0 saturated carbocycles. The number of carboxylic acid groups (broad SMARTS) is 1. The van der Waals surface area contributed by atoms with Gasteiger partial charge in [0.05, 0.1) is 21.2 Å². The first-order valence-electron chi connectivity index (χ1n) is 12.3. The van der Waals surface area contributed by atoms with Gasteiger partial charge in [0.25, 0.3) is 11.4 Å². The molecule has 0 atom stereocenters. The van der Waals surface area contributed by atoms with Crippen molar-refractivity contribution in [2.45, 2.75) is 30.8 Å². The number of anilines is 1. The van der Waals surface area contributed by atoms with Crippen LogP contribution in [0.1, 0.15) is 17.5 Å². The lowest BCUT2D eigenvalue weighted by Gasteiger charge is -2.11. The molecule has 0 saturated heterocycles. The summed E-state index contributed by atoms with van der Waals surface area (Å²) < 4.78 is 59.7. The number of non-ortho nitro benzene ring substituents is 1. The summed E-state index contributed by atoms with van der Waals surface area (Å²) >= 11 is 0. The number of rotatable bonds is 7. The Balaban J connectivity index is 0.000000517. The Bertz CT molecular complexity index is 1820. The highest BCUT2D eigenvalue weighted by molar-refractivity contribution is 7.85. The van der Waals surface area contributed by atoms with Gasteiger partial charge in [-0.25, -0.2) is 0 Å². The Morgan fingerprint density at radius 1 is 1.14 bits per heavy atom. The van der Waals surface area contributed by atoms with E-state index in [1.165, 1.54) is 12.1 Å². The van der Waals surface area contributed by atoms with Crippen LogP contribution in [-0.4, -0.2) is 53.9 Å². The van der Waals surface area contributed by atoms with Gasteiger partial charge in [-0.2, -0.15) is 21.6 Å². The zero-order valence-corrected chi connectivity index (χ0v) is 22.7. The van der Waals surface area contributed by atoms with E-state index < -0.39 is 27.1 Å². The zero-order valence-electron chi connectivity index (χ0n) is 21.9. The second-order valence-corrected chi connectivity index (χ2v) is 11.1. The highest BCUT2D eigenvalue weighted by Crippen LogP contribution is 2.35. The Hall–Kier alpha value is -4.79. The van der Waals surface area contributed by atoms with Gasteiger partial charge in [0.15, 0.2) is 6.21 Å². The molecule has 0 aliphatic carbocycles. The Kier molecular flexibility index (Phi) is 8.33. The molecule has 2 N–H and O–H groups in total. The van der Waals surface area contributed by atoms with E-state index in [1.807, 2.05) is 6.92 Å². The minimum Gasteiger partial charge on any atom is -0.542 e. The first kappa shape index (κ1) is 30.2. The highest BCUT2D eigenvalue weighted by atomic mass is 32.2. The van der Waals surface area contributed by atoms with Crippen molar-refractivity contribution in [3.8, 4) is 5.75 Å². The van der Waals surface area contributed by atoms with E-state index >= 15 is 0 Å². The van der Waals surface area contributed by atoms with Gasteiger partial charge in [0, 0.05) is 30.8 Å². The average Bonchev–Trinajstić information content (AvgIpc) is 3.34. The van der Waals surface area contributed by atoms with Crippen LogP contribution in [0.2, 0.25) is 0 Å². The SMILES string of the molecule is Cc1ccc(S(=O)(=O)[N+]2=CC3=c4c2c(O)c(NCCc2ccc([N+](=O)[O-])cc2)cc4=NCC3)cc1.O=C([O-])C(F)(F)F. The normalized spacial score (nSPS) is 13.7. The van der Waals surface area contributed by atoms with Crippen molar-refractivity contribution in [1.82, 2.24) is 0 Å². The van der Waals surface area contributed by atoms with Crippen LogP contribution in [0.25, 0.3) is 5.57 Å². The third kappa shape index (κ3) is 6.25. The van der Waals surface area contributed by atoms with Crippen molar-refractivity contribution in [2.24, 2.45) is 4.99 Å². The van der Waals surface area contributed by atoms with Crippen molar-refractivity contribution in [3.05, 3.63) is 86.4 Å². The van der Waals surface area contributed by atoms with Crippen LogP contribution < -0.4 is 21.0 Å². The number of nitro groups is 1. The molecule has 5 rings (SSSR count). The van der Waals surface area contributed by atoms with Crippen LogP contribution in [0.15, 0.2) is 64.5 Å². The molecule has 0 amide bonds.